The Morgan fingerprint density at radius 1 is 0.720 bits per heavy atom. The summed E-state index contributed by atoms with van der Waals surface area (Å²) < 4.78 is 0. The van der Waals surface area contributed by atoms with E-state index in [1.165, 1.54) is 47.9 Å². The van der Waals surface area contributed by atoms with Crippen LogP contribution in [0.1, 0.15) is 63.5 Å². The van der Waals surface area contributed by atoms with Crippen molar-refractivity contribution < 1.29 is 0 Å². The Balaban J connectivity index is 1.99. The summed E-state index contributed by atoms with van der Waals surface area (Å²) in [7, 11) is 0. The zero-order chi connectivity index (χ0) is 17.9. The Labute approximate surface area is 152 Å². The second-order valence-corrected chi connectivity index (χ2v) is 7.91. The second-order valence-electron chi connectivity index (χ2n) is 7.91. The maximum absolute atomic E-state index is 6.03. The van der Waals surface area contributed by atoms with Crippen LogP contribution in [0.4, 0.5) is 0 Å². The van der Waals surface area contributed by atoms with Crippen molar-refractivity contribution in [1.29, 1.82) is 0 Å². The first kappa shape index (κ1) is 18.2. The Hall–Kier alpha value is -1.64. The number of rotatable bonds is 8. The summed E-state index contributed by atoms with van der Waals surface area (Å²) in [6, 6.07) is 18.5. The van der Waals surface area contributed by atoms with E-state index >= 15 is 0 Å². The average molecular weight is 337 g/mol. The lowest BCUT2D eigenvalue weighted by Gasteiger charge is -2.33. The van der Waals surface area contributed by atoms with Gasteiger partial charge in [0, 0.05) is 17.5 Å². The van der Waals surface area contributed by atoms with Crippen molar-refractivity contribution in [3.63, 3.8) is 0 Å². The summed E-state index contributed by atoms with van der Waals surface area (Å²) in [4.78, 5) is 0. The van der Waals surface area contributed by atoms with Crippen LogP contribution in [0.15, 0.2) is 48.5 Å². The van der Waals surface area contributed by atoms with Gasteiger partial charge in [-0.2, -0.15) is 0 Å². The molecular weight excluding hydrogens is 304 g/mol. The van der Waals surface area contributed by atoms with E-state index in [4.69, 9.17) is 11.5 Å². The molecule has 0 aromatic heterocycles. The van der Waals surface area contributed by atoms with E-state index in [0.717, 1.165) is 12.8 Å². The molecule has 4 N–H and O–H groups in total. The van der Waals surface area contributed by atoms with Crippen molar-refractivity contribution in [3.8, 4) is 11.1 Å². The summed E-state index contributed by atoms with van der Waals surface area (Å²) in [5.41, 5.74) is 18.0. The molecule has 0 aliphatic heterocycles. The number of nitrogens with two attached hydrogens (primary N) is 2. The van der Waals surface area contributed by atoms with Crippen LogP contribution in [0.25, 0.3) is 11.1 Å². The molecule has 2 heteroatoms. The van der Waals surface area contributed by atoms with Gasteiger partial charge in [0.15, 0.2) is 0 Å². The molecule has 25 heavy (non-hydrogen) atoms. The first-order chi connectivity index (χ1) is 12.0. The molecule has 134 valence electrons. The van der Waals surface area contributed by atoms with Crippen LogP contribution < -0.4 is 11.5 Å². The first-order valence-electron chi connectivity index (χ1n) is 9.75. The van der Waals surface area contributed by atoms with Crippen LogP contribution in [-0.4, -0.2) is 12.1 Å². The van der Waals surface area contributed by atoms with Gasteiger partial charge in [0.05, 0.1) is 0 Å². The lowest BCUT2D eigenvalue weighted by molar-refractivity contribution is 0.394. The zero-order valence-electron chi connectivity index (χ0n) is 15.7. The number of fused-ring (bicyclic) bond motifs is 3. The standard InChI is InChI=1S/C23H32N2/c1-17(24)9-7-15-23(16-8-10-18(2)25)21-13-5-3-11-19(21)20-12-4-6-14-22(20)23/h3-6,11-14,17-18H,7-10,15-16,24-25H2,1-2H3. The van der Waals surface area contributed by atoms with E-state index in [0.29, 0.717) is 0 Å². The monoisotopic (exact) mass is 336 g/mol. The molecular formula is C23H32N2. The molecule has 0 radical (unpaired) electrons. The predicted molar refractivity (Wildman–Crippen MR) is 108 cm³/mol. The fourth-order valence-electron chi connectivity index (χ4n) is 4.53. The average Bonchev–Trinajstić information content (AvgIpc) is 2.86. The topological polar surface area (TPSA) is 52.0 Å². The van der Waals surface area contributed by atoms with Crippen molar-refractivity contribution in [2.45, 2.75) is 69.9 Å². The van der Waals surface area contributed by atoms with Crippen molar-refractivity contribution in [1.82, 2.24) is 0 Å². The summed E-state index contributed by atoms with van der Waals surface area (Å²) in [6.45, 7) is 4.22. The normalized spacial score (nSPS) is 17.0. The molecule has 0 bridgehead atoms. The molecule has 0 saturated carbocycles. The van der Waals surface area contributed by atoms with Gasteiger partial charge < -0.3 is 11.5 Å². The SMILES string of the molecule is CC(N)CCCC1(CCCC(C)N)c2ccccc2-c2ccccc21. The highest BCUT2D eigenvalue weighted by molar-refractivity contribution is 5.80. The Morgan fingerprint density at radius 3 is 1.52 bits per heavy atom. The quantitative estimate of drug-likeness (QED) is 0.713. The molecule has 2 unspecified atom stereocenters. The van der Waals surface area contributed by atoms with Crippen molar-refractivity contribution in [2.75, 3.05) is 0 Å². The molecule has 1 aliphatic rings. The maximum Gasteiger partial charge on any atom is 0.0215 e. The van der Waals surface area contributed by atoms with Crippen LogP contribution in [0.3, 0.4) is 0 Å². The highest BCUT2D eigenvalue weighted by Gasteiger charge is 2.41. The Kier molecular flexibility index (Phi) is 5.61. The van der Waals surface area contributed by atoms with Crippen molar-refractivity contribution in [2.24, 2.45) is 11.5 Å². The maximum atomic E-state index is 6.03. The smallest absolute Gasteiger partial charge is 0.0215 e. The van der Waals surface area contributed by atoms with Gasteiger partial charge in [0.1, 0.15) is 0 Å². The lowest BCUT2D eigenvalue weighted by Crippen LogP contribution is -2.27. The molecule has 2 atom stereocenters. The Bertz CT molecular complexity index is 641. The second kappa shape index (κ2) is 7.72. The van der Waals surface area contributed by atoms with Gasteiger partial charge >= 0.3 is 0 Å². The molecule has 1 aliphatic carbocycles. The fourth-order valence-corrected chi connectivity index (χ4v) is 4.53. The Morgan fingerprint density at radius 2 is 1.12 bits per heavy atom. The van der Waals surface area contributed by atoms with E-state index < -0.39 is 0 Å². The van der Waals surface area contributed by atoms with Gasteiger partial charge in [-0.3, -0.25) is 0 Å². The van der Waals surface area contributed by atoms with Crippen LogP contribution in [0.5, 0.6) is 0 Å². The molecule has 0 saturated heterocycles. The summed E-state index contributed by atoms with van der Waals surface area (Å²) >= 11 is 0. The van der Waals surface area contributed by atoms with Gasteiger partial charge in [0.25, 0.3) is 0 Å². The fraction of sp³-hybridized carbons (Fsp3) is 0.478. The highest BCUT2D eigenvalue weighted by atomic mass is 14.6. The molecule has 2 aromatic carbocycles. The van der Waals surface area contributed by atoms with E-state index in [1.54, 1.807) is 0 Å². The number of benzene rings is 2. The third-order valence-corrected chi connectivity index (χ3v) is 5.70. The minimum atomic E-state index is 0.122. The minimum absolute atomic E-state index is 0.122. The molecule has 0 heterocycles. The third kappa shape index (κ3) is 3.65. The molecule has 0 fully saturated rings. The number of hydrogen-bond acceptors (Lipinski definition) is 2. The van der Waals surface area contributed by atoms with Gasteiger partial charge in [-0.25, -0.2) is 0 Å². The van der Waals surface area contributed by atoms with Crippen LogP contribution in [0.2, 0.25) is 0 Å². The number of hydrogen-bond donors (Lipinski definition) is 2. The lowest BCUT2D eigenvalue weighted by atomic mass is 9.70. The van der Waals surface area contributed by atoms with Gasteiger partial charge in [-0.15, -0.1) is 0 Å². The zero-order valence-corrected chi connectivity index (χ0v) is 15.7. The molecule has 2 nitrogen and oxygen atoms in total. The van der Waals surface area contributed by atoms with Gasteiger partial charge in [-0.05, 0) is 61.8 Å². The summed E-state index contributed by atoms with van der Waals surface area (Å²) in [5, 5.41) is 0. The largest absolute Gasteiger partial charge is 0.328 e. The summed E-state index contributed by atoms with van der Waals surface area (Å²) in [5.74, 6) is 0. The van der Waals surface area contributed by atoms with E-state index in [2.05, 4.69) is 62.4 Å². The minimum Gasteiger partial charge on any atom is -0.328 e. The first-order valence-corrected chi connectivity index (χ1v) is 9.75. The van der Waals surface area contributed by atoms with Crippen LogP contribution >= 0.6 is 0 Å². The predicted octanol–water partition coefficient (Wildman–Crippen LogP) is 4.99. The molecule has 0 spiro atoms. The van der Waals surface area contributed by atoms with Crippen LogP contribution in [0, 0.1) is 0 Å². The van der Waals surface area contributed by atoms with E-state index in [9.17, 15) is 0 Å². The van der Waals surface area contributed by atoms with Gasteiger partial charge in [-0.1, -0.05) is 61.4 Å². The molecule has 2 aromatic rings. The summed E-state index contributed by atoms with van der Waals surface area (Å²) in [6.07, 6.45) is 6.83. The highest BCUT2D eigenvalue weighted by Crippen LogP contribution is 2.53. The molecule has 0 amide bonds. The van der Waals surface area contributed by atoms with E-state index in [1.807, 2.05) is 0 Å². The van der Waals surface area contributed by atoms with Crippen molar-refractivity contribution >= 4 is 0 Å². The van der Waals surface area contributed by atoms with E-state index in [-0.39, 0.29) is 17.5 Å². The van der Waals surface area contributed by atoms with Crippen LogP contribution in [-0.2, 0) is 5.41 Å². The van der Waals surface area contributed by atoms with Gasteiger partial charge in [0.2, 0.25) is 0 Å². The molecule has 3 rings (SSSR count). The van der Waals surface area contributed by atoms with Crippen molar-refractivity contribution in [3.05, 3.63) is 59.7 Å². The third-order valence-electron chi connectivity index (χ3n) is 5.70.